The number of anilines is 2. The average molecular weight is 476 g/mol. The number of nitrogen functional groups attached to an aromatic ring is 1. The maximum absolute atomic E-state index is 11.6. The lowest BCUT2D eigenvalue weighted by Crippen LogP contribution is -2.40. The molecule has 1 aliphatic carbocycles. The molecule has 1 fully saturated rings. The molecule has 0 radical (unpaired) electrons. The molecule has 0 aliphatic heterocycles. The van der Waals surface area contributed by atoms with E-state index in [1.54, 1.807) is 6.20 Å². The van der Waals surface area contributed by atoms with Gasteiger partial charge in [0.05, 0.1) is 18.7 Å². The number of ether oxygens (including phenoxy) is 1. The van der Waals surface area contributed by atoms with E-state index in [2.05, 4.69) is 44.5 Å². The molecule has 1 saturated carbocycles. The highest BCUT2D eigenvalue weighted by Gasteiger charge is 2.35. The van der Waals surface area contributed by atoms with Crippen molar-refractivity contribution in [1.29, 1.82) is 0 Å². The minimum atomic E-state index is -0.155. The predicted octanol–water partition coefficient (Wildman–Crippen LogP) is 5.63. The van der Waals surface area contributed by atoms with Crippen LogP contribution < -0.4 is 11.1 Å². The smallest absolute Gasteiger partial charge is 0.308 e. The van der Waals surface area contributed by atoms with Crippen LogP contribution in [0.3, 0.4) is 0 Å². The summed E-state index contributed by atoms with van der Waals surface area (Å²) in [5.74, 6) is 0.981. The first-order valence-electron chi connectivity index (χ1n) is 12.2. The van der Waals surface area contributed by atoms with Crippen LogP contribution in [0.1, 0.15) is 62.9 Å². The van der Waals surface area contributed by atoms with Gasteiger partial charge in [0.1, 0.15) is 18.0 Å². The number of carbonyl (C=O) groups excluding carboxylic acids is 1. The lowest BCUT2D eigenvalue weighted by Gasteiger charge is -2.34. The van der Waals surface area contributed by atoms with Gasteiger partial charge in [0.15, 0.2) is 0 Å². The Balaban J connectivity index is 0.00000103. The Morgan fingerprint density at radius 3 is 2.37 bits per heavy atom. The third-order valence-corrected chi connectivity index (χ3v) is 5.49. The van der Waals surface area contributed by atoms with E-state index in [4.69, 9.17) is 10.5 Å². The van der Waals surface area contributed by atoms with Crippen LogP contribution in [0.15, 0.2) is 55.0 Å². The Hall–Kier alpha value is -3.74. The second-order valence-corrected chi connectivity index (χ2v) is 7.63. The molecule has 35 heavy (non-hydrogen) atoms. The average Bonchev–Trinajstić information content (AvgIpc) is 2.90. The van der Waals surface area contributed by atoms with E-state index in [1.807, 2.05) is 58.0 Å². The molecule has 0 spiro atoms. The first-order valence-corrected chi connectivity index (χ1v) is 12.2. The number of nitrogens with one attached hydrogen (secondary N) is 1. The molecule has 0 amide bonds. The largest absolute Gasteiger partial charge is 0.469 e. The van der Waals surface area contributed by atoms with Gasteiger partial charge in [0.25, 0.3) is 0 Å². The Kier molecular flexibility index (Phi) is 11.4. The number of aromatic nitrogens is 3. The Morgan fingerprint density at radius 1 is 1.03 bits per heavy atom. The Bertz CT molecular complexity index is 1060. The van der Waals surface area contributed by atoms with Crippen molar-refractivity contribution in [2.75, 3.05) is 18.2 Å². The Morgan fingerprint density at radius 2 is 1.74 bits per heavy atom. The van der Waals surface area contributed by atoms with Crippen molar-refractivity contribution < 1.29 is 9.53 Å². The third kappa shape index (κ3) is 7.91. The molecule has 7 nitrogen and oxygen atoms in total. The fraction of sp³-hybridized carbons (Fsp3) is 0.357. The van der Waals surface area contributed by atoms with Crippen molar-refractivity contribution in [2.45, 2.75) is 53.0 Å². The van der Waals surface area contributed by atoms with Gasteiger partial charge in [-0.05, 0) is 42.2 Å². The number of pyridine rings is 1. The highest BCUT2D eigenvalue weighted by atomic mass is 16.5. The van der Waals surface area contributed by atoms with Crippen molar-refractivity contribution in [3.8, 4) is 0 Å². The summed E-state index contributed by atoms with van der Waals surface area (Å²) in [6, 6.07) is 14.3. The summed E-state index contributed by atoms with van der Waals surface area (Å²) in [6.07, 6.45) is 9.34. The van der Waals surface area contributed by atoms with Gasteiger partial charge < -0.3 is 15.8 Å². The molecule has 0 bridgehead atoms. The molecule has 1 aromatic carbocycles. The highest BCUT2D eigenvalue weighted by molar-refractivity contribution is 5.74. The molecule has 0 unspecified atom stereocenters. The monoisotopic (exact) mass is 475 g/mol. The number of rotatable bonds is 7. The molecule has 3 aromatic rings. The van der Waals surface area contributed by atoms with Crippen LogP contribution in [0.4, 0.5) is 11.6 Å². The van der Waals surface area contributed by atoms with Gasteiger partial charge in [0.2, 0.25) is 0 Å². The zero-order valence-corrected chi connectivity index (χ0v) is 21.4. The van der Waals surface area contributed by atoms with E-state index in [0.717, 1.165) is 41.0 Å². The first-order chi connectivity index (χ1) is 17.1. The third-order valence-electron chi connectivity index (χ3n) is 5.49. The van der Waals surface area contributed by atoms with Gasteiger partial charge in [-0.25, -0.2) is 9.97 Å². The van der Waals surface area contributed by atoms with Gasteiger partial charge in [-0.3, -0.25) is 9.78 Å². The fourth-order valence-corrected chi connectivity index (χ4v) is 3.62. The molecule has 7 heteroatoms. The van der Waals surface area contributed by atoms with E-state index >= 15 is 0 Å². The van der Waals surface area contributed by atoms with Crippen LogP contribution in [0.2, 0.25) is 0 Å². The number of esters is 1. The summed E-state index contributed by atoms with van der Waals surface area (Å²) >= 11 is 0. The summed E-state index contributed by atoms with van der Waals surface area (Å²) in [6.45, 7) is 8.00. The second-order valence-electron chi connectivity index (χ2n) is 7.63. The molecule has 1 aliphatic rings. The highest BCUT2D eigenvalue weighted by Crippen LogP contribution is 2.32. The summed E-state index contributed by atoms with van der Waals surface area (Å²) in [5.41, 5.74) is 10.1. The van der Waals surface area contributed by atoms with Gasteiger partial charge in [-0.2, -0.15) is 0 Å². The second kappa shape index (κ2) is 14.5. The van der Waals surface area contributed by atoms with Crippen LogP contribution in [-0.4, -0.2) is 34.1 Å². The number of hydrogen-bond donors (Lipinski definition) is 2. The zero-order valence-electron chi connectivity index (χ0n) is 21.4. The van der Waals surface area contributed by atoms with E-state index in [-0.39, 0.29) is 17.9 Å². The number of carbonyl (C=O) groups is 1. The summed E-state index contributed by atoms with van der Waals surface area (Å²) in [5, 5.41) is 3.41. The lowest BCUT2D eigenvalue weighted by atomic mass is 9.80. The standard InChI is InChI=1S/C24H25N5O2.2C2H6/c1-31-24(30)18-13-20(14-18)29-23-21(22(25)27-15-28-23)12-17-7-5-16(6-8-17)9-10-19-4-2-3-11-26-19;2*1-2/h2-11,15,18,20H,12-14H2,1H3,(H3,25,27,28,29);2*1-2H3/b10-9+;;. The predicted molar refractivity (Wildman–Crippen MR) is 144 cm³/mol. The molecule has 186 valence electrons. The van der Waals surface area contributed by atoms with Crippen LogP contribution in [0.25, 0.3) is 12.2 Å². The van der Waals surface area contributed by atoms with Crippen LogP contribution >= 0.6 is 0 Å². The van der Waals surface area contributed by atoms with E-state index < -0.39 is 0 Å². The zero-order chi connectivity index (χ0) is 25.6. The molecule has 0 atom stereocenters. The number of hydrogen-bond acceptors (Lipinski definition) is 7. The van der Waals surface area contributed by atoms with Gasteiger partial charge in [-0.1, -0.05) is 64.1 Å². The van der Waals surface area contributed by atoms with Gasteiger partial charge in [0, 0.05) is 24.2 Å². The molecule has 3 N–H and O–H groups in total. The maximum atomic E-state index is 11.6. The van der Waals surface area contributed by atoms with Crippen LogP contribution in [-0.2, 0) is 16.0 Å². The number of nitrogens with two attached hydrogens (primary N) is 1. The molecule has 0 saturated heterocycles. The van der Waals surface area contributed by atoms with Crippen molar-refractivity contribution in [1.82, 2.24) is 15.0 Å². The van der Waals surface area contributed by atoms with Crippen molar-refractivity contribution in [2.24, 2.45) is 5.92 Å². The normalized spacial score (nSPS) is 16.1. The number of methoxy groups -OCH3 is 1. The minimum Gasteiger partial charge on any atom is -0.469 e. The van der Waals surface area contributed by atoms with E-state index in [1.165, 1.54) is 13.4 Å². The number of nitrogens with zero attached hydrogens (tertiary/aromatic N) is 3. The van der Waals surface area contributed by atoms with E-state index in [9.17, 15) is 4.79 Å². The quantitative estimate of drug-likeness (QED) is 0.427. The summed E-state index contributed by atoms with van der Waals surface area (Å²) < 4.78 is 4.81. The fourth-order valence-electron chi connectivity index (χ4n) is 3.62. The first kappa shape index (κ1) is 27.5. The van der Waals surface area contributed by atoms with E-state index in [0.29, 0.717) is 12.2 Å². The number of benzene rings is 1. The molecular formula is C28H37N5O2. The topological polar surface area (TPSA) is 103 Å². The van der Waals surface area contributed by atoms with Crippen molar-refractivity contribution >= 4 is 29.8 Å². The maximum Gasteiger partial charge on any atom is 0.308 e. The van der Waals surface area contributed by atoms with Crippen LogP contribution in [0.5, 0.6) is 0 Å². The Labute approximate surface area is 208 Å². The summed E-state index contributed by atoms with van der Waals surface area (Å²) in [4.78, 5) is 24.4. The minimum absolute atomic E-state index is 0.0446. The van der Waals surface area contributed by atoms with Crippen molar-refractivity contribution in [3.05, 3.63) is 77.4 Å². The lowest BCUT2D eigenvalue weighted by molar-refractivity contribution is -0.148. The summed E-state index contributed by atoms with van der Waals surface area (Å²) in [7, 11) is 1.42. The van der Waals surface area contributed by atoms with Crippen molar-refractivity contribution in [3.63, 3.8) is 0 Å². The van der Waals surface area contributed by atoms with Gasteiger partial charge >= 0.3 is 5.97 Å². The molecular weight excluding hydrogens is 438 g/mol. The van der Waals surface area contributed by atoms with Crippen LogP contribution in [0, 0.1) is 5.92 Å². The molecule has 2 aromatic heterocycles. The molecule has 2 heterocycles. The molecule has 4 rings (SSSR count). The SMILES string of the molecule is CC.CC.COC(=O)C1CC(Nc2ncnc(N)c2Cc2ccc(/C=C/c3ccccn3)cc2)C1. The van der Waals surface area contributed by atoms with Gasteiger partial charge in [-0.15, -0.1) is 0 Å².